The molecule has 4 aromatic rings. The molecule has 0 N–H and O–H groups in total. The van der Waals surface area contributed by atoms with Gasteiger partial charge in [-0.15, -0.1) is 11.3 Å². The second kappa shape index (κ2) is 6.06. The number of hydrogen-bond acceptors (Lipinski definition) is 2. The SMILES string of the molecule is Cc1cc2c3c(c(C)c(C)cc3c1)-c1c(c3cc(CC(C)(C)C)sc3c[n+]1C)O2. The normalized spacial score (nSPS) is 13.1. The van der Waals surface area contributed by atoms with E-state index >= 15 is 0 Å². The molecule has 29 heavy (non-hydrogen) atoms. The van der Waals surface area contributed by atoms with E-state index in [-0.39, 0.29) is 5.41 Å². The van der Waals surface area contributed by atoms with Crippen molar-refractivity contribution in [2.24, 2.45) is 12.5 Å². The van der Waals surface area contributed by atoms with Gasteiger partial charge in [0, 0.05) is 15.6 Å². The van der Waals surface area contributed by atoms with Gasteiger partial charge in [-0.25, -0.2) is 0 Å². The molecule has 2 nitrogen and oxygen atoms in total. The molecule has 0 spiro atoms. The van der Waals surface area contributed by atoms with Gasteiger partial charge in [-0.05, 0) is 66.8 Å². The van der Waals surface area contributed by atoms with Crippen LogP contribution in [0.5, 0.6) is 11.5 Å². The first-order valence-corrected chi connectivity index (χ1v) is 11.1. The Morgan fingerprint density at radius 2 is 1.79 bits per heavy atom. The highest BCUT2D eigenvalue weighted by atomic mass is 32.1. The van der Waals surface area contributed by atoms with Gasteiger partial charge < -0.3 is 4.74 Å². The average Bonchev–Trinajstić information content (AvgIpc) is 2.98. The van der Waals surface area contributed by atoms with Crippen LogP contribution in [0.2, 0.25) is 0 Å². The molecule has 0 fully saturated rings. The van der Waals surface area contributed by atoms with Gasteiger partial charge in [0.15, 0.2) is 6.20 Å². The zero-order valence-electron chi connectivity index (χ0n) is 18.4. The van der Waals surface area contributed by atoms with Crippen LogP contribution in [-0.2, 0) is 13.5 Å². The number of nitrogens with zero attached hydrogens (tertiary/aromatic N) is 1. The Morgan fingerprint density at radius 1 is 1.03 bits per heavy atom. The van der Waals surface area contributed by atoms with Gasteiger partial charge in [-0.1, -0.05) is 32.9 Å². The maximum Gasteiger partial charge on any atom is 0.257 e. The van der Waals surface area contributed by atoms with Crippen molar-refractivity contribution < 1.29 is 9.30 Å². The van der Waals surface area contributed by atoms with Crippen molar-refractivity contribution in [3.63, 3.8) is 0 Å². The predicted octanol–water partition coefficient (Wildman–Crippen LogP) is 7.17. The highest BCUT2D eigenvalue weighted by Crippen LogP contribution is 2.50. The smallest absolute Gasteiger partial charge is 0.257 e. The summed E-state index contributed by atoms with van der Waals surface area (Å²) in [5.41, 5.74) is 6.69. The molecule has 2 aromatic carbocycles. The molecule has 0 aliphatic carbocycles. The summed E-state index contributed by atoms with van der Waals surface area (Å²) in [7, 11) is 2.15. The Labute approximate surface area is 176 Å². The molecule has 0 bridgehead atoms. The van der Waals surface area contributed by atoms with Crippen molar-refractivity contribution in [3.05, 3.63) is 52.0 Å². The summed E-state index contributed by atoms with van der Waals surface area (Å²) in [6.45, 7) is 13.5. The van der Waals surface area contributed by atoms with Crippen molar-refractivity contribution >= 4 is 32.2 Å². The highest BCUT2D eigenvalue weighted by Gasteiger charge is 2.33. The molecule has 0 atom stereocenters. The van der Waals surface area contributed by atoms with Gasteiger partial charge in [0.25, 0.3) is 5.69 Å². The van der Waals surface area contributed by atoms with Gasteiger partial charge >= 0.3 is 0 Å². The van der Waals surface area contributed by atoms with Gasteiger partial charge in [-0.2, -0.15) is 4.57 Å². The second-order valence-corrected chi connectivity index (χ2v) is 11.0. The topological polar surface area (TPSA) is 13.1 Å². The fraction of sp³-hybridized carbons (Fsp3) is 0.346. The Hall–Kier alpha value is -2.39. The van der Waals surface area contributed by atoms with Crippen LogP contribution >= 0.6 is 11.3 Å². The molecule has 0 saturated carbocycles. The largest absolute Gasteiger partial charge is 0.449 e. The minimum atomic E-state index is 0.271. The van der Waals surface area contributed by atoms with Gasteiger partial charge in [-0.3, -0.25) is 0 Å². The zero-order valence-corrected chi connectivity index (χ0v) is 19.2. The molecule has 3 heterocycles. The summed E-state index contributed by atoms with van der Waals surface area (Å²) in [6, 6.07) is 9.11. The quantitative estimate of drug-likeness (QED) is 0.271. The standard InChI is InChI=1S/C26H28NOS/c1-14-8-17-10-15(2)16(3)22-23(17)20(9-14)28-25-19-11-18(12-26(4,5)6)29-21(19)13-27(7)24(22)25/h8-11,13H,12H2,1-7H3/q+1. The summed E-state index contributed by atoms with van der Waals surface area (Å²) in [5, 5.41) is 3.75. The van der Waals surface area contributed by atoms with Crippen LogP contribution in [0.4, 0.5) is 0 Å². The van der Waals surface area contributed by atoms with E-state index in [4.69, 9.17) is 4.74 Å². The van der Waals surface area contributed by atoms with Gasteiger partial charge in [0.1, 0.15) is 17.5 Å². The van der Waals surface area contributed by atoms with Crippen LogP contribution in [0.15, 0.2) is 30.5 Å². The average molecular weight is 403 g/mol. The van der Waals surface area contributed by atoms with Crippen LogP contribution in [0, 0.1) is 26.2 Å². The van der Waals surface area contributed by atoms with E-state index in [2.05, 4.69) is 83.6 Å². The van der Waals surface area contributed by atoms with Crippen LogP contribution in [0.1, 0.15) is 42.3 Å². The minimum absolute atomic E-state index is 0.271. The highest BCUT2D eigenvalue weighted by molar-refractivity contribution is 7.19. The summed E-state index contributed by atoms with van der Waals surface area (Å²) in [6.07, 6.45) is 3.36. The van der Waals surface area contributed by atoms with Crippen LogP contribution < -0.4 is 9.30 Å². The lowest BCUT2D eigenvalue weighted by molar-refractivity contribution is -0.659. The summed E-state index contributed by atoms with van der Waals surface area (Å²) in [5.74, 6) is 2.00. The summed E-state index contributed by atoms with van der Waals surface area (Å²) in [4.78, 5) is 1.42. The Bertz CT molecular complexity index is 1320. The first kappa shape index (κ1) is 18.6. The molecular formula is C26H28NOS+. The number of benzene rings is 2. The number of hydrogen-bond donors (Lipinski definition) is 0. The Balaban J connectivity index is 1.87. The van der Waals surface area contributed by atoms with Crippen molar-refractivity contribution in [1.29, 1.82) is 0 Å². The van der Waals surface area contributed by atoms with E-state index in [9.17, 15) is 0 Å². The first-order valence-electron chi connectivity index (χ1n) is 10.3. The molecule has 1 aliphatic heterocycles. The fourth-order valence-corrected chi connectivity index (χ4v) is 6.07. The van der Waals surface area contributed by atoms with E-state index < -0.39 is 0 Å². The number of rotatable bonds is 1. The third-order valence-corrected chi connectivity index (χ3v) is 7.02. The Morgan fingerprint density at radius 3 is 2.52 bits per heavy atom. The van der Waals surface area contributed by atoms with E-state index in [1.165, 1.54) is 53.7 Å². The van der Waals surface area contributed by atoms with Crippen molar-refractivity contribution in [3.8, 4) is 22.8 Å². The molecule has 0 saturated heterocycles. The first-order chi connectivity index (χ1) is 13.6. The van der Waals surface area contributed by atoms with Crippen molar-refractivity contribution in [1.82, 2.24) is 0 Å². The summed E-state index contributed by atoms with van der Waals surface area (Å²) >= 11 is 1.89. The fourth-order valence-electron chi connectivity index (χ4n) is 4.64. The van der Waals surface area contributed by atoms with Crippen molar-refractivity contribution in [2.75, 3.05) is 0 Å². The second-order valence-electron chi connectivity index (χ2n) is 9.80. The number of aromatic nitrogens is 1. The lowest BCUT2D eigenvalue weighted by atomic mass is 9.89. The van der Waals surface area contributed by atoms with Crippen molar-refractivity contribution in [2.45, 2.75) is 48.0 Å². The van der Waals surface area contributed by atoms with Crippen LogP contribution in [-0.4, -0.2) is 0 Å². The van der Waals surface area contributed by atoms with E-state index in [0.29, 0.717) is 0 Å². The number of thiophene rings is 1. The minimum Gasteiger partial charge on any atom is -0.449 e. The Kier molecular flexibility index (Phi) is 3.89. The zero-order chi connectivity index (χ0) is 20.7. The van der Waals surface area contributed by atoms with Crippen LogP contribution in [0.25, 0.3) is 32.1 Å². The summed E-state index contributed by atoms with van der Waals surface area (Å²) < 4.78 is 10.2. The molecular weight excluding hydrogens is 374 g/mol. The lowest BCUT2D eigenvalue weighted by Gasteiger charge is -2.22. The molecule has 5 rings (SSSR count). The van der Waals surface area contributed by atoms with Gasteiger partial charge in [0.05, 0.1) is 5.56 Å². The molecule has 0 radical (unpaired) electrons. The van der Waals surface area contributed by atoms with Gasteiger partial charge in [0.2, 0.25) is 5.75 Å². The monoisotopic (exact) mass is 402 g/mol. The number of fused-ring (bicyclic) bond motifs is 4. The molecule has 3 heteroatoms. The molecule has 0 amide bonds. The molecule has 2 aromatic heterocycles. The third-order valence-electron chi connectivity index (χ3n) is 5.95. The number of ether oxygens (including phenoxy) is 1. The van der Waals surface area contributed by atoms with E-state index in [1.807, 2.05) is 11.3 Å². The third kappa shape index (κ3) is 2.86. The van der Waals surface area contributed by atoms with Crippen LogP contribution in [0.3, 0.4) is 0 Å². The molecule has 148 valence electrons. The van der Waals surface area contributed by atoms with E-state index in [0.717, 1.165) is 17.9 Å². The number of pyridine rings is 1. The predicted molar refractivity (Wildman–Crippen MR) is 123 cm³/mol. The maximum absolute atomic E-state index is 6.65. The lowest BCUT2D eigenvalue weighted by Crippen LogP contribution is -2.32. The number of aryl methyl sites for hydroxylation is 3. The van der Waals surface area contributed by atoms with E-state index in [1.54, 1.807) is 0 Å². The molecule has 1 aliphatic rings. The molecule has 0 unspecified atom stereocenters. The maximum atomic E-state index is 6.65.